The Labute approximate surface area is 159 Å². The lowest BCUT2D eigenvalue weighted by molar-refractivity contribution is -0.120. The number of amides is 2. The van der Waals surface area contributed by atoms with Crippen LogP contribution in [-0.4, -0.2) is 38.6 Å². The first-order chi connectivity index (χ1) is 13.1. The normalized spacial score (nSPS) is 13.3. The summed E-state index contributed by atoms with van der Waals surface area (Å²) in [7, 11) is 1.58. The summed E-state index contributed by atoms with van der Waals surface area (Å²) in [6, 6.07) is 14.9. The molecular weight excluding hydrogens is 342 g/mol. The zero-order chi connectivity index (χ0) is 19.2. The lowest BCUT2D eigenvalue weighted by atomic mass is 10.2. The monoisotopic (exact) mass is 367 g/mol. The number of rotatable bonds is 6. The zero-order valence-electron chi connectivity index (χ0n) is 15.8. The molecule has 0 radical (unpaired) electrons. The van der Waals surface area contributed by atoms with Crippen LogP contribution in [0, 0.1) is 0 Å². The molecule has 0 aromatic heterocycles. The van der Waals surface area contributed by atoms with E-state index >= 15 is 0 Å². The van der Waals surface area contributed by atoms with E-state index in [1.165, 1.54) is 30.4 Å². The Bertz CT molecular complexity index is 781. The Hall–Kier alpha value is -3.02. The number of nitrogens with zero attached hydrogens (tertiary/aromatic N) is 2. The number of nitrogens with one attached hydrogen (secondary N) is 1. The number of carbonyl (C=O) groups excluding carboxylic acids is 2. The molecule has 1 N–H and O–H groups in total. The molecule has 27 heavy (non-hydrogen) atoms. The molecule has 6 nitrogen and oxygen atoms in total. The first-order valence-corrected chi connectivity index (χ1v) is 9.14. The van der Waals surface area contributed by atoms with Crippen molar-refractivity contribution in [1.29, 1.82) is 0 Å². The fraction of sp³-hybridized carbons (Fsp3) is 0.333. The van der Waals surface area contributed by atoms with Gasteiger partial charge in [0.15, 0.2) is 0 Å². The van der Waals surface area contributed by atoms with Gasteiger partial charge in [0.05, 0.1) is 7.11 Å². The molecule has 0 bridgehead atoms. The Balaban J connectivity index is 1.62. The van der Waals surface area contributed by atoms with Crippen molar-refractivity contribution in [1.82, 2.24) is 0 Å². The summed E-state index contributed by atoms with van der Waals surface area (Å²) in [4.78, 5) is 28.2. The highest BCUT2D eigenvalue weighted by Crippen LogP contribution is 2.22. The van der Waals surface area contributed by atoms with E-state index in [9.17, 15) is 9.59 Å². The average Bonchev–Trinajstić information content (AvgIpc) is 3.21. The van der Waals surface area contributed by atoms with Crippen LogP contribution < -0.4 is 19.9 Å². The van der Waals surface area contributed by atoms with Crippen LogP contribution in [0.4, 0.5) is 17.1 Å². The molecule has 2 aromatic carbocycles. The van der Waals surface area contributed by atoms with Crippen LogP contribution in [0.5, 0.6) is 5.75 Å². The highest BCUT2D eigenvalue weighted by molar-refractivity contribution is 6.01. The highest BCUT2D eigenvalue weighted by atomic mass is 16.5. The maximum Gasteiger partial charge on any atom is 0.244 e. The van der Waals surface area contributed by atoms with Crippen molar-refractivity contribution in [2.45, 2.75) is 19.8 Å². The van der Waals surface area contributed by atoms with E-state index in [1.807, 2.05) is 24.3 Å². The topological polar surface area (TPSA) is 61.9 Å². The van der Waals surface area contributed by atoms with Crippen molar-refractivity contribution in [3.63, 3.8) is 0 Å². The number of anilines is 3. The van der Waals surface area contributed by atoms with Crippen molar-refractivity contribution in [3.05, 3.63) is 48.5 Å². The summed E-state index contributed by atoms with van der Waals surface area (Å²) in [5.41, 5.74) is 2.55. The van der Waals surface area contributed by atoms with Gasteiger partial charge < -0.3 is 19.9 Å². The Kier molecular flexibility index (Phi) is 5.96. The molecule has 0 atom stereocenters. The highest BCUT2D eigenvalue weighted by Gasteiger charge is 2.16. The molecule has 0 spiro atoms. The maximum absolute atomic E-state index is 12.4. The molecule has 142 valence electrons. The van der Waals surface area contributed by atoms with E-state index in [0.717, 1.165) is 18.8 Å². The molecule has 2 amide bonds. The van der Waals surface area contributed by atoms with Gasteiger partial charge in [-0.15, -0.1) is 0 Å². The van der Waals surface area contributed by atoms with E-state index < -0.39 is 0 Å². The van der Waals surface area contributed by atoms with Gasteiger partial charge in [0.1, 0.15) is 12.3 Å². The summed E-state index contributed by atoms with van der Waals surface area (Å²) in [6.07, 6.45) is 2.45. The predicted octanol–water partition coefficient (Wildman–Crippen LogP) is 3.29. The lowest BCUT2D eigenvalue weighted by Gasteiger charge is -2.21. The van der Waals surface area contributed by atoms with Gasteiger partial charge in [-0.25, -0.2) is 0 Å². The molecule has 1 aliphatic rings. The Morgan fingerprint density at radius 3 is 2.22 bits per heavy atom. The van der Waals surface area contributed by atoms with Gasteiger partial charge in [0.2, 0.25) is 11.8 Å². The van der Waals surface area contributed by atoms with Gasteiger partial charge >= 0.3 is 0 Å². The molecule has 1 heterocycles. The van der Waals surface area contributed by atoms with Gasteiger partial charge in [-0.3, -0.25) is 9.59 Å². The van der Waals surface area contributed by atoms with Gasteiger partial charge in [-0.05, 0) is 61.4 Å². The van der Waals surface area contributed by atoms with E-state index in [2.05, 4.69) is 10.2 Å². The van der Waals surface area contributed by atoms with E-state index in [0.29, 0.717) is 11.4 Å². The Morgan fingerprint density at radius 1 is 1.04 bits per heavy atom. The zero-order valence-corrected chi connectivity index (χ0v) is 15.8. The minimum Gasteiger partial charge on any atom is -0.497 e. The maximum atomic E-state index is 12.4. The molecule has 0 aliphatic carbocycles. The summed E-state index contributed by atoms with van der Waals surface area (Å²) < 4.78 is 5.13. The van der Waals surface area contributed by atoms with Crippen molar-refractivity contribution >= 4 is 28.9 Å². The van der Waals surface area contributed by atoms with Gasteiger partial charge in [0, 0.05) is 37.1 Å². The van der Waals surface area contributed by atoms with Crippen LogP contribution in [-0.2, 0) is 9.59 Å². The largest absolute Gasteiger partial charge is 0.497 e. The number of hydrogen-bond donors (Lipinski definition) is 1. The summed E-state index contributed by atoms with van der Waals surface area (Å²) >= 11 is 0. The second-order valence-electron chi connectivity index (χ2n) is 6.59. The molecule has 1 fully saturated rings. The van der Waals surface area contributed by atoms with Crippen LogP contribution >= 0.6 is 0 Å². The van der Waals surface area contributed by atoms with Crippen molar-refractivity contribution < 1.29 is 14.3 Å². The SMILES string of the molecule is COc1ccc(N(CC(=O)Nc2ccc(N3CCCC3)cc2)C(C)=O)cc1. The van der Waals surface area contributed by atoms with Gasteiger partial charge in [0.25, 0.3) is 0 Å². The van der Waals surface area contributed by atoms with Crippen molar-refractivity contribution in [2.75, 3.05) is 41.9 Å². The summed E-state index contributed by atoms with van der Waals surface area (Å²) in [5.74, 6) is 0.263. The minimum absolute atomic E-state index is 0.0461. The van der Waals surface area contributed by atoms with Crippen LogP contribution in [0.2, 0.25) is 0 Å². The van der Waals surface area contributed by atoms with E-state index in [1.54, 1.807) is 31.4 Å². The summed E-state index contributed by atoms with van der Waals surface area (Å²) in [6.45, 7) is 3.57. The quantitative estimate of drug-likeness (QED) is 0.851. The molecule has 1 saturated heterocycles. The number of benzene rings is 2. The van der Waals surface area contributed by atoms with Crippen LogP contribution in [0.15, 0.2) is 48.5 Å². The minimum atomic E-state index is -0.241. The number of carbonyl (C=O) groups is 2. The number of ether oxygens (including phenoxy) is 1. The standard InChI is InChI=1S/C21H25N3O3/c1-16(25)24(19-9-11-20(27-2)12-10-19)15-21(26)22-17-5-7-18(8-6-17)23-13-3-4-14-23/h5-12H,3-4,13-15H2,1-2H3,(H,22,26). The molecule has 3 rings (SSSR count). The first-order valence-electron chi connectivity index (χ1n) is 9.14. The number of methoxy groups -OCH3 is 1. The molecule has 0 unspecified atom stereocenters. The Morgan fingerprint density at radius 2 is 1.67 bits per heavy atom. The molecular formula is C21H25N3O3. The van der Waals surface area contributed by atoms with Crippen LogP contribution in [0.1, 0.15) is 19.8 Å². The van der Waals surface area contributed by atoms with Gasteiger partial charge in [-0.2, -0.15) is 0 Å². The fourth-order valence-corrected chi connectivity index (χ4v) is 3.22. The third-order valence-corrected chi connectivity index (χ3v) is 4.69. The first kappa shape index (κ1) is 18.8. The molecule has 6 heteroatoms. The third kappa shape index (κ3) is 4.78. The second-order valence-corrected chi connectivity index (χ2v) is 6.59. The average molecular weight is 367 g/mol. The van der Waals surface area contributed by atoms with Crippen molar-refractivity contribution in [3.8, 4) is 5.75 Å². The summed E-state index contributed by atoms with van der Waals surface area (Å²) in [5, 5.41) is 2.86. The molecule has 0 saturated carbocycles. The molecule has 1 aliphatic heterocycles. The van der Waals surface area contributed by atoms with Gasteiger partial charge in [-0.1, -0.05) is 0 Å². The predicted molar refractivity (Wildman–Crippen MR) is 108 cm³/mol. The molecule has 2 aromatic rings. The van der Waals surface area contributed by atoms with Crippen LogP contribution in [0.3, 0.4) is 0 Å². The second kappa shape index (κ2) is 8.58. The van der Waals surface area contributed by atoms with E-state index in [-0.39, 0.29) is 18.4 Å². The smallest absolute Gasteiger partial charge is 0.244 e. The van der Waals surface area contributed by atoms with E-state index in [4.69, 9.17) is 4.74 Å². The van der Waals surface area contributed by atoms with Crippen molar-refractivity contribution in [2.24, 2.45) is 0 Å². The van der Waals surface area contributed by atoms with Crippen LogP contribution in [0.25, 0.3) is 0 Å². The lowest BCUT2D eigenvalue weighted by Crippen LogP contribution is -2.36. The fourth-order valence-electron chi connectivity index (χ4n) is 3.22. The third-order valence-electron chi connectivity index (χ3n) is 4.69. The number of hydrogen-bond acceptors (Lipinski definition) is 4.